The number of nitro groups is 1. The Hall–Kier alpha value is -3.41. The Morgan fingerprint density at radius 3 is 2.71 bits per heavy atom. The number of aromatic nitrogens is 3. The zero-order valence-corrected chi connectivity index (χ0v) is 15.2. The second-order valence-electron chi connectivity index (χ2n) is 5.54. The molecule has 0 fully saturated rings. The Kier molecular flexibility index (Phi) is 5.59. The van der Waals surface area contributed by atoms with Gasteiger partial charge in [0, 0.05) is 10.9 Å². The molecule has 0 atom stereocenters. The van der Waals surface area contributed by atoms with Gasteiger partial charge in [-0.3, -0.25) is 19.6 Å². The van der Waals surface area contributed by atoms with Crippen molar-refractivity contribution in [2.24, 2.45) is 0 Å². The number of halogens is 2. The number of rotatable bonds is 7. The van der Waals surface area contributed by atoms with Gasteiger partial charge < -0.3 is 10.1 Å². The Bertz CT molecular complexity index is 1000. The maximum atomic E-state index is 12.2. The lowest BCUT2D eigenvalue weighted by Crippen LogP contribution is -2.19. The number of benzene rings is 1. The largest absolute Gasteiger partial charge is 0.435 e. The fourth-order valence-corrected chi connectivity index (χ4v) is 3.08. The number of hydrogen-bond acceptors (Lipinski definition) is 7. The van der Waals surface area contributed by atoms with Crippen LogP contribution in [-0.2, 0) is 11.3 Å². The van der Waals surface area contributed by atoms with E-state index in [0.717, 1.165) is 0 Å². The lowest BCUT2D eigenvalue weighted by Gasteiger charge is -2.04. The van der Waals surface area contributed by atoms with Gasteiger partial charge in [0.05, 0.1) is 10.6 Å². The summed E-state index contributed by atoms with van der Waals surface area (Å²) in [6.45, 7) is -1.62. The van der Waals surface area contributed by atoms with E-state index < -0.39 is 17.4 Å². The van der Waals surface area contributed by atoms with Gasteiger partial charge in [-0.25, -0.2) is 4.98 Å². The molecule has 12 heteroatoms. The number of alkyl halides is 2. The van der Waals surface area contributed by atoms with Gasteiger partial charge in [0.15, 0.2) is 5.13 Å². The monoisotopic (exact) mass is 409 g/mol. The van der Waals surface area contributed by atoms with Crippen LogP contribution in [0.25, 0.3) is 11.3 Å². The highest BCUT2D eigenvalue weighted by atomic mass is 32.1. The summed E-state index contributed by atoms with van der Waals surface area (Å²) in [7, 11) is 0. The Labute approximate surface area is 160 Å². The molecular weight excluding hydrogens is 396 g/mol. The molecule has 0 saturated heterocycles. The lowest BCUT2D eigenvalue weighted by molar-refractivity contribution is -0.385. The van der Waals surface area contributed by atoms with Crippen molar-refractivity contribution in [3.8, 4) is 17.0 Å². The lowest BCUT2D eigenvalue weighted by atomic mass is 10.2. The van der Waals surface area contributed by atoms with Gasteiger partial charge in [-0.15, -0.1) is 11.3 Å². The van der Waals surface area contributed by atoms with Crippen LogP contribution < -0.4 is 10.1 Å². The molecule has 0 saturated carbocycles. The minimum Gasteiger partial charge on any atom is -0.435 e. The third-order valence-electron chi connectivity index (χ3n) is 3.55. The number of aryl methyl sites for hydroxylation is 1. The van der Waals surface area contributed by atoms with E-state index in [1.54, 1.807) is 17.5 Å². The van der Waals surface area contributed by atoms with Gasteiger partial charge in [-0.05, 0) is 31.2 Å². The zero-order chi connectivity index (χ0) is 20.3. The van der Waals surface area contributed by atoms with Crippen LogP contribution in [0.2, 0.25) is 0 Å². The van der Waals surface area contributed by atoms with Gasteiger partial charge in [0.1, 0.15) is 24.2 Å². The molecule has 3 aromatic rings. The standard InChI is InChI=1S/C16H13F2N5O4S/c1-9-13(23(25)26)6-22(21-9)7-14(24)20-16-19-12(8-28-16)10-2-4-11(5-3-10)27-15(17)18/h2-6,8,15H,7H2,1H3,(H,19,20,24). The predicted molar refractivity (Wildman–Crippen MR) is 96.4 cm³/mol. The van der Waals surface area contributed by atoms with Crippen LogP contribution in [0, 0.1) is 17.0 Å². The van der Waals surface area contributed by atoms with Crippen molar-refractivity contribution in [3.63, 3.8) is 0 Å². The summed E-state index contributed by atoms with van der Waals surface area (Å²) in [4.78, 5) is 26.6. The number of nitrogens with one attached hydrogen (secondary N) is 1. The first-order valence-electron chi connectivity index (χ1n) is 7.81. The normalized spacial score (nSPS) is 10.9. The first-order chi connectivity index (χ1) is 13.3. The number of ether oxygens (including phenoxy) is 1. The molecule has 2 heterocycles. The van der Waals surface area contributed by atoms with Gasteiger partial charge >= 0.3 is 12.3 Å². The average molecular weight is 409 g/mol. The minimum absolute atomic E-state index is 0.0334. The Balaban J connectivity index is 1.63. The smallest absolute Gasteiger partial charge is 0.387 e. The number of amides is 1. The van der Waals surface area contributed by atoms with Crippen molar-refractivity contribution in [3.05, 3.63) is 51.7 Å². The van der Waals surface area contributed by atoms with Crippen molar-refractivity contribution in [1.82, 2.24) is 14.8 Å². The summed E-state index contributed by atoms with van der Waals surface area (Å²) in [5, 5.41) is 19.4. The average Bonchev–Trinajstić information content (AvgIpc) is 3.21. The highest BCUT2D eigenvalue weighted by Crippen LogP contribution is 2.27. The molecule has 2 aromatic heterocycles. The fourth-order valence-electron chi connectivity index (χ4n) is 2.34. The van der Waals surface area contributed by atoms with Gasteiger partial charge in [-0.1, -0.05) is 0 Å². The van der Waals surface area contributed by atoms with Gasteiger partial charge in [0.2, 0.25) is 5.91 Å². The highest BCUT2D eigenvalue weighted by Gasteiger charge is 2.17. The minimum atomic E-state index is -2.90. The van der Waals surface area contributed by atoms with E-state index in [1.807, 2.05) is 0 Å². The van der Waals surface area contributed by atoms with Crippen molar-refractivity contribution in [1.29, 1.82) is 0 Å². The third kappa shape index (κ3) is 4.65. The number of anilines is 1. The molecule has 3 rings (SSSR count). The maximum absolute atomic E-state index is 12.2. The SMILES string of the molecule is Cc1nn(CC(=O)Nc2nc(-c3ccc(OC(F)F)cc3)cs2)cc1[N+](=O)[O-]. The maximum Gasteiger partial charge on any atom is 0.387 e. The summed E-state index contributed by atoms with van der Waals surface area (Å²) < 4.78 is 29.8. The summed E-state index contributed by atoms with van der Waals surface area (Å²) in [6, 6.07) is 5.94. The van der Waals surface area contributed by atoms with Gasteiger partial charge in [-0.2, -0.15) is 13.9 Å². The van der Waals surface area contributed by atoms with E-state index in [-0.39, 0.29) is 23.7 Å². The summed E-state index contributed by atoms with van der Waals surface area (Å²) in [6.07, 6.45) is 1.19. The van der Waals surface area contributed by atoms with Crippen LogP contribution in [0.3, 0.4) is 0 Å². The van der Waals surface area contributed by atoms with Crippen molar-refractivity contribution in [2.45, 2.75) is 20.1 Å². The van der Waals surface area contributed by atoms with Crippen LogP contribution >= 0.6 is 11.3 Å². The van der Waals surface area contributed by atoms with Crippen LogP contribution in [0.15, 0.2) is 35.8 Å². The predicted octanol–water partition coefficient (Wildman–Crippen LogP) is 3.46. The van der Waals surface area contributed by atoms with Crippen molar-refractivity contribution in [2.75, 3.05) is 5.32 Å². The van der Waals surface area contributed by atoms with Crippen molar-refractivity contribution < 1.29 is 23.2 Å². The van der Waals surface area contributed by atoms with Crippen molar-refractivity contribution >= 4 is 28.1 Å². The van der Waals surface area contributed by atoms with E-state index in [9.17, 15) is 23.7 Å². The fraction of sp³-hybridized carbons (Fsp3) is 0.188. The molecule has 1 aromatic carbocycles. The zero-order valence-electron chi connectivity index (χ0n) is 14.3. The summed E-state index contributed by atoms with van der Waals surface area (Å²) in [5.74, 6) is -0.412. The molecule has 1 N–H and O–H groups in total. The second-order valence-corrected chi connectivity index (χ2v) is 6.40. The molecule has 9 nitrogen and oxygen atoms in total. The van der Waals surface area contributed by atoms with E-state index in [1.165, 1.54) is 41.3 Å². The number of hydrogen-bond donors (Lipinski definition) is 1. The van der Waals surface area contributed by atoms with Crippen LogP contribution in [0.1, 0.15) is 5.69 Å². The quantitative estimate of drug-likeness (QED) is 0.472. The number of nitrogens with zero attached hydrogens (tertiary/aromatic N) is 4. The molecule has 0 radical (unpaired) electrons. The Morgan fingerprint density at radius 1 is 1.39 bits per heavy atom. The number of carbonyl (C=O) groups excluding carboxylic acids is 1. The number of thiazole rings is 1. The molecule has 0 bridgehead atoms. The first-order valence-corrected chi connectivity index (χ1v) is 8.69. The van der Waals surface area contributed by atoms with Crippen LogP contribution in [0.5, 0.6) is 5.75 Å². The van der Waals surface area contributed by atoms with Crippen LogP contribution in [-0.4, -0.2) is 32.2 Å². The molecule has 0 spiro atoms. The Morgan fingerprint density at radius 2 is 2.11 bits per heavy atom. The van der Waals surface area contributed by atoms with E-state index in [0.29, 0.717) is 16.4 Å². The molecular formula is C16H13F2N5O4S. The summed E-state index contributed by atoms with van der Waals surface area (Å²) >= 11 is 1.18. The second kappa shape index (κ2) is 8.08. The van der Waals surface area contributed by atoms with E-state index in [4.69, 9.17) is 0 Å². The third-order valence-corrected chi connectivity index (χ3v) is 4.31. The molecule has 28 heavy (non-hydrogen) atoms. The summed E-state index contributed by atoms with van der Waals surface area (Å²) in [5.41, 5.74) is 1.27. The molecule has 1 amide bonds. The molecule has 0 aliphatic heterocycles. The van der Waals surface area contributed by atoms with Crippen LogP contribution in [0.4, 0.5) is 19.6 Å². The molecule has 0 aliphatic carbocycles. The number of carbonyl (C=O) groups is 1. The molecule has 0 aliphatic rings. The van der Waals surface area contributed by atoms with Gasteiger partial charge in [0.25, 0.3) is 0 Å². The molecule has 146 valence electrons. The van der Waals surface area contributed by atoms with E-state index in [2.05, 4.69) is 20.1 Å². The topological polar surface area (TPSA) is 112 Å². The first kappa shape index (κ1) is 19.4. The highest BCUT2D eigenvalue weighted by molar-refractivity contribution is 7.14. The molecule has 0 unspecified atom stereocenters. The van der Waals surface area contributed by atoms with E-state index >= 15 is 0 Å².